The monoisotopic (exact) mass is 381 g/mol. The Morgan fingerprint density at radius 3 is 2.81 bits per heavy atom. The average molecular weight is 381 g/mol. The number of amides is 4. The quantitative estimate of drug-likeness (QED) is 0.727. The van der Waals surface area contributed by atoms with Crippen molar-refractivity contribution in [1.82, 2.24) is 15.5 Å². The first-order chi connectivity index (χ1) is 12.4. The number of hydrogen-bond donors (Lipinski definition) is 2. The van der Waals surface area contributed by atoms with Crippen molar-refractivity contribution in [3.8, 4) is 0 Å². The summed E-state index contributed by atoms with van der Waals surface area (Å²) in [5.74, 6) is -1.56. The van der Waals surface area contributed by atoms with Crippen LogP contribution in [0.3, 0.4) is 0 Å². The van der Waals surface area contributed by atoms with Gasteiger partial charge in [0.15, 0.2) is 6.61 Å². The molecular formula is C17H23N3O5S. The highest BCUT2D eigenvalue weighted by Crippen LogP contribution is 2.23. The molecule has 2 N–H and O–H groups in total. The Balaban J connectivity index is 1.82. The lowest BCUT2D eigenvalue weighted by molar-refractivity contribution is -0.152. The van der Waals surface area contributed by atoms with Crippen molar-refractivity contribution >= 4 is 35.2 Å². The maximum atomic E-state index is 12.4. The van der Waals surface area contributed by atoms with E-state index in [1.54, 1.807) is 17.5 Å². The number of hydrogen-bond acceptors (Lipinski definition) is 6. The number of nitrogens with one attached hydrogen (secondary N) is 2. The summed E-state index contributed by atoms with van der Waals surface area (Å²) in [6.45, 7) is 3.62. The van der Waals surface area contributed by atoms with Gasteiger partial charge < -0.3 is 15.0 Å². The molecule has 0 spiro atoms. The van der Waals surface area contributed by atoms with Crippen LogP contribution in [0.1, 0.15) is 42.8 Å². The predicted octanol–water partition coefficient (Wildman–Crippen LogP) is 1.52. The van der Waals surface area contributed by atoms with E-state index in [1.807, 2.05) is 13.8 Å². The topological polar surface area (TPSA) is 105 Å². The van der Waals surface area contributed by atoms with Gasteiger partial charge in [-0.1, -0.05) is 13.0 Å². The molecule has 2 rings (SSSR count). The van der Waals surface area contributed by atoms with Gasteiger partial charge in [0, 0.05) is 12.6 Å². The van der Waals surface area contributed by atoms with Gasteiger partial charge in [-0.3, -0.25) is 14.9 Å². The summed E-state index contributed by atoms with van der Waals surface area (Å²) < 4.78 is 5.00. The Morgan fingerprint density at radius 2 is 2.15 bits per heavy atom. The van der Waals surface area contributed by atoms with Crippen LogP contribution in [0.2, 0.25) is 0 Å². The van der Waals surface area contributed by atoms with Gasteiger partial charge in [0.1, 0.15) is 6.04 Å². The number of imide groups is 1. The van der Waals surface area contributed by atoms with E-state index in [4.69, 9.17) is 4.74 Å². The SMILES string of the molecule is CC[C@H](C)NC(=O)NC(=O)COC(=O)[C@@H]1CCCN1C(=O)c1cccs1. The molecule has 1 aliphatic heterocycles. The molecule has 0 bridgehead atoms. The summed E-state index contributed by atoms with van der Waals surface area (Å²) in [4.78, 5) is 50.0. The van der Waals surface area contributed by atoms with Gasteiger partial charge >= 0.3 is 12.0 Å². The Hall–Kier alpha value is -2.42. The molecule has 0 aromatic carbocycles. The largest absolute Gasteiger partial charge is 0.454 e. The zero-order valence-corrected chi connectivity index (χ0v) is 15.6. The fraction of sp³-hybridized carbons (Fsp3) is 0.529. The highest BCUT2D eigenvalue weighted by molar-refractivity contribution is 7.12. The van der Waals surface area contributed by atoms with Crippen molar-refractivity contribution in [3.63, 3.8) is 0 Å². The zero-order chi connectivity index (χ0) is 19.1. The van der Waals surface area contributed by atoms with Crippen LogP contribution in [0.25, 0.3) is 0 Å². The molecule has 0 unspecified atom stereocenters. The van der Waals surface area contributed by atoms with Gasteiger partial charge in [0.2, 0.25) is 0 Å². The van der Waals surface area contributed by atoms with Gasteiger partial charge in [0.05, 0.1) is 4.88 Å². The molecule has 0 radical (unpaired) electrons. The number of rotatable bonds is 6. The molecule has 9 heteroatoms. The number of nitrogens with zero attached hydrogens (tertiary/aromatic N) is 1. The highest BCUT2D eigenvalue weighted by Gasteiger charge is 2.36. The average Bonchev–Trinajstić information content (AvgIpc) is 3.30. The second-order valence-corrected chi connectivity index (χ2v) is 7.02. The molecule has 1 saturated heterocycles. The number of esters is 1. The maximum Gasteiger partial charge on any atom is 0.329 e. The van der Waals surface area contributed by atoms with Crippen LogP contribution in [0.4, 0.5) is 4.79 Å². The second kappa shape index (κ2) is 9.33. The van der Waals surface area contributed by atoms with Crippen LogP contribution in [-0.4, -0.2) is 54.0 Å². The van der Waals surface area contributed by atoms with Crippen LogP contribution < -0.4 is 10.6 Å². The first kappa shape index (κ1) is 19.9. The van der Waals surface area contributed by atoms with Crippen molar-refractivity contribution < 1.29 is 23.9 Å². The van der Waals surface area contributed by atoms with Crippen molar-refractivity contribution in [2.45, 2.75) is 45.2 Å². The smallest absolute Gasteiger partial charge is 0.329 e. The summed E-state index contributed by atoms with van der Waals surface area (Å²) in [5.41, 5.74) is 0. The minimum absolute atomic E-state index is 0.0688. The molecule has 4 amide bonds. The number of urea groups is 1. The molecule has 142 valence electrons. The normalized spacial score (nSPS) is 17.5. The van der Waals surface area contributed by atoms with Crippen molar-refractivity contribution in [2.24, 2.45) is 0 Å². The zero-order valence-electron chi connectivity index (χ0n) is 14.8. The lowest BCUT2D eigenvalue weighted by Gasteiger charge is -2.22. The van der Waals surface area contributed by atoms with Crippen molar-refractivity contribution in [2.75, 3.05) is 13.2 Å². The summed E-state index contributed by atoms with van der Waals surface area (Å²) >= 11 is 1.31. The molecule has 8 nitrogen and oxygen atoms in total. The lowest BCUT2D eigenvalue weighted by atomic mass is 10.2. The van der Waals surface area contributed by atoms with Crippen LogP contribution in [0.5, 0.6) is 0 Å². The van der Waals surface area contributed by atoms with Crippen LogP contribution >= 0.6 is 11.3 Å². The third-order valence-corrected chi connectivity index (χ3v) is 4.96. The van der Waals surface area contributed by atoms with Gasteiger partial charge in [0.25, 0.3) is 11.8 Å². The first-order valence-electron chi connectivity index (χ1n) is 8.53. The van der Waals surface area contributed by atoms with E-state index in [0.717, 1.165) is 6.42 Å². The molecule has 1 fully saturated rings. The fourth-order valence-corrected chi connectivity index (χ4v) is 3.23. The van der Waals surface area contributed by atoms with E-state index in [1.165, 1.54) is 16.2 Å². The second-order valence-electron chi connectivity index (χ2n) is 6.07. The number of carbonyl (C=O) groups excluding carboxylic acids is 4. The predicted molar refractivity (Wildman–Crippen MR) is 95.8 cm³/mol. The molecule has 0 aliphatic carbocycles. The molecule has 2 heterocycles. The molecule has 26 heavy (non-hydrogen) atoms. The third kappa shape index (κ3) is 5.29. The number of thiophene rings is 1. The standard InChI is InChI=1S/C17H23N3O5S/c1-3-11(2)18-17(24)19-14(21)10-25-16(23)12-6-4-8-20(12)15(22)13-7-5-9-26-13/h5,7,9,11-12H,3-4,6,8,10H2,1-2H3,(H2,18,19,21,24)/t11-,12-/m0/s1. The minimum atomic E-state index is -0.715. The van der Waals surface area contributed by atoms with E-state index in [0.29, 0.717) is 24.3 Å². The summed E-state index contributed by atoms with van der Waals surface area (Å²) in [6.07, 6.45) is 1.92. The Bertz CT molecular complexity index is 661. The Kier molecular flexibility index (Phi) is 7.14. The molecule has 2 atom stereocenters. The Labute approximate surface area is 155 Å². The van der Waals surface area contributed by atoms with Crippen LogP contribution in [0.15, 0.2) is 17.5 Å². The summed E-state index contributed by atoms with van der Waals surface area (Å²) in [6, 6.07) is 2.08. The molecule has 1 aromatic rings. The third-order valence-electron chi connectivity index (χ3n) is 4.11. The molecule has 1 aliphatic rings. The molecule has 1 aromatic heterocycles. The van der Waals surface area contributed by atoms with Gasteiger partial charge in [-0.15, -0.1) is 11.3 Å². The number of carbonyl (C=O) groups is 4. The lowest BCUT2D eigenvalue weighted by Crippen LogP contribution is -2.46. The van der Waals surface area contributed by atoms with Crippen LogP contribution in [-0.2, 0) is 14.3 Å². The Morgan fingerprint density at radius 1 is 1.38 bits per heavy atom. The van der Waals surface area contributed by atoms with E-state index in [2.05, 4.69) is 10.6 Å². The number of likely N-dealkylation sites (tertiary alicyclic amines) is 1. The van der Waals surface area contributed by atoms with Crippen LogP contribution in [0, 0.1) is 0 Å². The van der Waals surface area contributed by atoms with Crippen molar-refractivity contribution in [3.05, 3.63) is 22.4 Å². The number of ether oxygens (including phenoxy) is 1. The molecular weight excluding hydrogens is 358 g/mol. The summed E-state index contributed by atoms with van der Waals surface area (Å²) in [5, 5.41) is 6.48. The summed E-state index contributed by atoms with van der Waals surface area (Å²) in [7, 11) is 0. The van der Waals surface area contributed by atoms with Gasteiger partial charge in [-0.05, 0) is 37.6 Å². The van der Waals surface area contributed by atoms with Gasteiger partial charge in [-0.25, -0.2) is 9.59 Å². The molecule has 0 saturated carbocycles. The fourth-order valence-electron chi connectivity index (χ4n) is 2.55. The van der Waals surface area contributed by atoms with E-state index < -0.39 is 30.6 Å². The van der Waals surface area contributed by atoms with Gasteiger partial charge in [-0.2, -0.15) is 0 Å². The van der Waals surface area contributed by atoms with E-state index >= 15 is 0 Å². The van der Waals surface area contributed by atoms with E-state index in [-0.39, 0.29) is 11.9 Å². The maximum absolute atomic E-state index is 12.4. The highest BCUT2D eigenvalue weighted by atomic mass is 32.1. The minimum Gasteiger partial charge on any atom is -0.454 e. The van der Waals surface area contributed by atoms with Crippen molar-refractivity contribution in [1.29, 1.82) is 0 Å². The first-order valence-corrected chi connectivity index (χ1v) is 9.41. The van der Waals surface area contributed by atoms with E-state index in [9.17, 15) is 19.2 Å².